The van der Waals surface area contributed by atoms with Crippen LogP contribution < -0.4 is 5.32 Å². The largest absolute Gasteiger partial charge is 0.350 e. The zero-order valence-corrected chi connectivity index (χ0v) is 12.1. The van der Waals surface area contributed by atoms with Gasteiger partial charge in [-0.3, -0.25) is 9.00 Å². The van der Waals surface area contributed by atoms with Crippen LogP contribution in [0, 0.1) is 0 Å². The molecule has 100 valence electrons. The summed E-state index contributed by atoms with van der Waals surface area (Å²) in [5, 5.41) is 2.85. The van der Waals surface area contributed by atoms with Crippen LogP contribution in [0.2, 0.25) is 5.02 Å². The number of amides is 1. The molecule has 5 nitrogen and oxygen atoms in total. The Bertz CT molecular complexity index is 466. The van der Waals surface area contributed by atoms with Crippen molar-refractivity contribution >= 4 is 28.3 Å². The Labute approximate surface area is 114 Å². The smallest absolute Gasteiger partial charge is 0.271 e. The Balaban J connectivity index is 2.78. The van der Waals surface area contributed by atoms with Crippen molar-refractivity contribution in [3.05, 3.63) is 22.7 Å². The Morgan fingerprint density at radius 3 is 2.78 bits per heavy atom. The third kappa shape index (κ3) is 4.34. The van der Waals surface area contributed by atoms with E-state index in [0.717, 1.165) is 0 Å². The van der Waals surface area contributed by atoms with Gasteiger partial charge in [0.15, 0.2) is 0 Å². The Morgan fingerprint density at radius 1 is 1.56 bits per heavy atom. The molecule has 0 radical (unpaired) electrons. The number of carbonyl (C=O) groups excluding carboxylic acids is 1. The van der Waals surface area contributed by atoms with Crippen LogP contribution in [0.5, 0.6) is 0 Å². The van der Waals surface area contributed by atoms with Crippen molar-refractivity contribution < 1.29 is 9.00 Å². The first-order valence-corrected chi connectivity index (χ1v) is 7.63. The lowest BCUT2D eigenvalue weighted by molar-refractivity contribution is 0.0951. The standard InChI is InChI=1S/C11H16ClN3O2S/c1-7(2)10-14-6-8(12)9(15-10)11(16)13-4-5-18(3)17/h6-7H,4-5H2,1-3H3,(H,13,16). The summed E-state index contributed by atoms with van der Waals surface area (Å²) in [5.41, 5.74) is 0.164. The summed E-state index contributed by atoms with van der Waals surface area (Å²) in [5.74, 6) is 0.737. The highest BCUT2D eigenvalue weighted by Crippen LogP contribution is 2.16. The second-order valence-corrected chi connectivity index (χ2v) is 6.07. The normalized spacial score (nSPS) is 12.5. The van der Waals surface area contributed by atoms with Gasteiger partial charge in [-0.2, -0.15) is 0 Å². The number of rotatable bonds is 5. The second kappa shape index (κ2) is 6.80. The second-order valence-electron chi connectivity index (χ2n) is 4.11. The minimum Gasteiger partial charge on any atom is -0.350 e. The molecule has 0 spiro atoms. The van der Waals surface area contributed by atoms with Crippen LogP contribution in [0.3, 0.4) is 0 Å². The SMILES string of the molecule is CC(C)c1ncc(Cl)c(C(=O)NCCS(C)=O)n1. The predicted octanol–water partition coefficient (Wildman–Crippen LogP) is 1.36. The van der Waals surface area contributed by atoms with E-state index in [1.54, 1.807) is 6.26 Å². The van der Waals surface area contributed by atoms with Crippen LogP contribution >= 0.6 is 11.6 Å². The van der Waals surface area contributed by atoms with E-state index in [2.05, 4.69) is 15.3 Å². The number of carbonyl (C=O) groups is 1. The molecule has 0 fully saturated rings. The fourth-order valence-corrected chi connectivity index (χ4v) is 1.78. The molecule has 18 heavy (non-hydrogen) atoms. The van der Waals surface area contributed by atoms with Crippen molar-refractivity contribution in [2.45, 2.75) is 19.8 Å². The van der Waals surface area contributed by atoms with E-state index in [9.17, 15) is 9.00 Å². The van der Waals surface area contributed by atoms with Gasteiger partial charge in [-0.05, 0) is 0 Å². The highest BCUT2D eigenvalue weighted by atomic mass is 35.5. The van der Waals surface area contributed by atoms with Crippen molar-refractivity contribution in [3.63, 3.8) is 0 Å². The van der Waals surface area contributed by atoms with Gasteiger partial charge in [0, 0.05) is 35.3 Å². The van der Waals surface area contributed by atoms with Crippen LogP contribution in [0.4, 0.5) is 0 Å². The van der Waals surface area contributed by atoms with Gasteiger partial charge in [-0.25, -0.2) is 9.97 Å². The molecule has 0 bridgehead atoms. The average molecular weight is 290 g/mol. The minimum atomic E-state index is -0.936. The maximum atomic E-state index is 11.8. The molecule has 1 aromatic rings. The molecule has 0 aliphatic rings. The molecule has 0 saturated carbocycles. The van der Waals surface area contributed by atoms with Crippen LogP contribution in [-0.4, -0.2) is 38.6 Å². The fourth-order valence-electron chi connectivity index (χ4n) is 1.21. The lowest BCUT2D eigenvalue weighted by Crippen LogP contribution is -2.29. The molecule has 1 heterocycles. The first-order chi connectivity index (χ1) is 8.41. The number of halogens is 1. The van der Waals surface area contributed by atoms with Gasteiger partial charge in [0.25, 0.3) is 5.91 Å². The van der Waals surface area contributed by atoms with Crippen LogP contribution in [0.15, 0.2) is 6.20 Å². The minimum absolute atomic E-state index is 0.122. The van der Waals surface area contributed by atoms with Crippen LogP contribution in [-0.2, 0) is 10.8 Å². The zero-order valence-electron chi connectivity index (χ0n) is 10.6. The lowest BCUT2D eigenvalue weighted by atomic mass is 10.2. The van der Waals surface area contributed by atoms with Gasteiger partial charge >= 0.3 is 0 Å². The summed E-state index contributed by atoms with van der Waals surface area (Å²) >= 11 is 5.89. The lowest BCUT2D eigenvalue weighted by Gasteiger charge is -2.08. The summed E-state index contributed by atoms with van der Waals surface area (Å²) in [6, 6.07) is 0. The van der Waals surface area contributed by atoms with E-state index in [0.29, 0.717) is 18.1 Å². The molecular weight excluding hydrogens is 274 g/mol. The molecule has 1 aromatic heterocycles. The van der Waals surface area contributed by atoms with Gasteiger partial charge in [-0.15, -0.1) is 0 Å². The Kier molecular flexibility index (Phi) is 5.68. The van der Waals surface area contributed by atoms with E-state index in [4.69, 9.17) is 11.6 Å². The Hall–Kier alpha value is -1.01. The monoisotopic (exact) mass is 289 g/mol. The van der Waals surface area contributed by atoms with Crippen molar-refractivity contribution in [2.75, 3.05) is 18.6 Å². The molecular formula is C11H16ClN3O2S. The van der Waals surface area contributed by atoms with E-state index < -0.39 is 10.8 Å². The zero-order chi connectivity index (χ0) is 13.7. The molecule has 1 N–H and O–H groups in total. The van der Waals surface area contributed by atoms with Crippen molar-refractivity contribution in [1.82, 2.24) is 15.3 Å². The molecule has 0 aliphatic heterocycles. The first kappa shape index (κ1) is 15.0. The van der Waals surface area contributed by atoms with Crippen molar-refractivity contribution in [1.29, 1.82) is 0 Å². The highest BCUT2D eigenvalue weighted by Gasteiger charge is 2.15. The van der Waals surface area contributed by atoms with E-state index in [-0.39, 0.29) is 22.5 Å². The maximum absolute atomic E-state index is 11.8. The molecule has 0 aliphatic carbocycles. The number of nitrogens with one attached hydrogen (secondary N) is 1. The number of hydrogen-bond acceptors (Lipinski definition) is 4. The molecule has 1 atom stereocenters. The number of hydrogen-bond donors (Lipinski definition) is 1. The summed E-state index contributed by atoms with van der Waals surface area (Å²) in [4.78, 5) is 20.0. The first-order valence-electron chi connectivity index (χ1n) is 5.52. The molecule has 0 aromatic carbocycles. The molecule has 1 rings (SSSR count). The Morgan fingerprint density at radius 2 is 2.22 bits per heavy atom. The summed E-state index contributed by atoms with van der Waals surface area (Å²) in [7, 11) is -0.936. The average Bonchev–Trinajstić information content (AvgIpc) is 2.28. The number of nitrogens with zero attached hydrogens (tertiary/aromatic N) is 2. The van der Waals surface area contributed by atoms with Gasteiger partial charge in [0.05, 0.1) is 11.2 Å². The molecule has 0 saturated heterocycles. The van der Waals surface area contributed by atoms with E-state index in [1.165, 1.54) is 6.20 Å². The predicted molar refractivity (Wildman–Crippen MR) is 72.4 cm³/mol. The van der Waals surface area contributed by atoms with Gasteiger partial charge in [0.1, 0.15) is 11.5 Å². The van der Waals surface area contributed by atoms with Crippen molar-refractivity contribution in [2.24, 2.45) is 0 Å². The summed E-state index contributed by atoms with van der Waals surface area (Å²) < 4.78 is 10.9. The quantitative estimate of drug-likeness (QED) is 0.888. The van der Waals surface area contributed by atoms with E-state index >= 15 is 0 Å². The third-order valence-electron chi connectivity index (χ3n) is 2.17. The van der Waals surface area contributed by atoms with Gasteiger partial charge < -0.3 is 5.32 Å². The maximum Gasteiger partial charge on any atom is 0.271 e. The highest BCUT2D eigenvalue weighted by molar-refractivity contribution is 7.84. The molecule has 1 amide bonds. The third-order valence-corrected chi connectivity index (χ3v) is 3.22. The topological polar surface area (TPSA) is 72.0 Å². The van der Waals surface area contributed by atoms with Crippen molar-refractivity contribution in [3.8, 4) is 0 Å². The fraction of sp³-hybridized carbons (Fsp3) is 0.545. The number of aromatic nitrogens is 2. The van der Waals surface area contributed by atoms with E-state index in [1.807, 2.05) is 13.8 Å². The van der Waals surface area contributed by atoms with Gasteiger partial charge in [0.2, 0.25) is 0 Å². The van der Waals surface area contributed by atoms with Crippen LogP contribution in [0.1, 0.15) is 36.1 Å². The van der Waals surface area contributed by atoms with Crippen LogP contribution in [0.25, 0.3) is 0 Å². The van der Waals surface area contributed by atoms with Gasteiger partial charge in [-0.1, -0.05) is 25.4 Å². The summed E-state index contributed by atoms with van der Waals surface area (Å²) in [6.45, 7) is 4.20. The summed E-state index contributed by atoms with van der Waals surface area (Å²) in [6.07, 6.45) is 3.01. The molecule has 7 heteroatoms. The molecule has 1 unspecified atom stereocenters.